The summed E-state index contributed by atoms with van der Waals surface area (Å²) in [5.41, 5.74) is -0.429. The number of alkyl carbamates (subject to hydrolysis) is 1. The first kappa shape index (κ1) is 16.2. The number of ether oxygens (including phenoxy) is 1. The van der Waals surface area contributed by atoms with Gasteiger partial charge in [-0.25, -0.2) is 4.79 Å². The third-order valence-electron chi connectivity index (χ3n) is 2.18. The van der Waals surface area contributed by atoms with E-state index in [0.29, 0.717) is 6.54 Å². The van der Waals surface area contributed by atoms with Crippen molar-refractivity contribution < 1.29 is 9.53 Å². The first-order valence-electron chi connectivity index (χ1n) is 6.21. The highest BCUT2D eigenvalue weighted by molar-refractivity contribution is 5.67. The molecule has 0 atom stereocenters. The van der Waals surface area contributed by atoms with Crippen molar-refractivity contribution in [2.24, 2.45) is 0 Å². The van der Waals surface area contributed by atoms with Gasteiger partial charge in [-0.1, -0.05) is 6.92 Å². The predicted molar refractivity (Wildman–Crippen MR) is 70.3 cm³/mol. The van der Waals surface area contributed by atoms with Crippen molar-refractivity contribution >= 4 is 6.09 Å². The molecule has 5 heteroatoms. The predicted octanol–water partition coefficient (Wildman–Crippen LogP) is 1.05. The molecule has 0 aromatic carbocycles. The van der Waals surface area contributed by atoms with Crippen LogP contribution >= 0.6 is 0 Å². The molecule has 0 saturated heterocycles. The van der Waals surface area contributed by atoms with Gasteiger partial charge >= 0.3 is 6.09 Å². The van der Waals surface area contributed by atoms with E-state index >= 15 is 0 Å². The number of carbonyl (C=O) groups excluding carboxylic acids is 1. The molecule has 0 fully saturated rings. The first-order chi connectivity index (χ1) is 7.85. The largest absolute Gasteiger partial charge is 0.444 e. The Kier molecular flexibility index (Phi) is 7.91. The van der Waals surface area contributed by atoms with E-state index < -0.39 is 5.60 Å². The van der Waals surface area contributed by atoms with Gasteiger partial charge in [-0.2, -0.15) is 0 Å². The van der Waals surface area contributed by atoms with Gasteiger partial charge in [0.05, 0.1) is 0 Å². The summed E-state index contributed by atoms with van der Waals surface area (Å²) in [5.74, 6) is 0. The molecule has 0 heterocycles. The fourth-order valence-electron chi connectivity index (χ4n) is 1.12. The maximum absolute atomic E-state index is 11.3. The Morgan fingerprint density at radius 3 is 2.41 bits per heavy atom. The molecule has 0 aliphatic rings. The minimum atomic E-state index is -0.429. The van der Waals surface area contributed by atoms with Crippen LogP contribution in [0.1, 0.15) is 27.7 Å². The molecule has 0 spiro atoms. The Labute approximate surface area is 105 Å². The molecule has 0 aromatic heterocycles. The number of carbonyl (C=O) groups is 1. The number of hydrogen-bond acceptors (Lipinski definition) is 4. The number of amides is 1. The molecule has 0 aliphatic heterocycles. The highest BCUT2D eigenvalue weighted by Crippen LogP contribution is 2.05. The van der Waals surface area contributed by atoms with Crippen LogP contribution in [0.4, 0.5) is 4.79 Å². The van der Waals surface area contributed by atoms with E-state index in [4.69, 9.17) is 4.74 Å². The minimum Gasteiger partial charge on any atom is -0.444 e. The molecule has 5 nitrogen and oxygen atoms in total. The summed E-state index contributed by atoms with van der Waals surface area (Å²) in [6.45, 7) is 12.0. The van der Waals surface area contributed by atoms with E-state index in [1.54, 1.807) is 0 Å². The van der Waals surface area contributed by atoms with Crippen LogP contribution in [0.25, 0.3) is 0 Å². The van der Waals surface area contributed by atoms with Gasteiger partial charge in [0.25, 0.3) is 0 Å². The molecule has 102 valence electrons. The molecule has 0 radical (unpaired) electrons. The van der Waals surface area contributed by atoms with Crippen molar-refractivity contribution in [1.29, 1.82) is 0 Å². The third kappa shape index (κ3) is 11.5. The van der Waals surface area contributed by atoms with Gasteiger partial charge in [0, 0.05) is 26.2 Å². The lowest BCUT2D eigenvalue weighted by molar-refractivity contribution is 0.0528. The molecule has 0 rings (SSSR count). The number of hydrogen-bond donors (Lipinski definition) is 2. The Morgan fingerprint density at radius 2 is 1.88 bits per heavy atom. The van der Waals surface area contributed by atoms with Crippen LogP contribution < -0.4 is 10.6 Å². The van der Waals surface area contributed by atoms with Gasteiger partial charge in [-0.15, -0.1) is 0 Å². The van der Waals surface area contributed by atoms with Gasteiger partial charge in [-0.05, 0) is 34.4 Å². The average Bonchev–Trinajstić information content (AvgIpc) is 2.20. The fourth-order valence-corrected chi connectivity index (χ4v) is 1.12. The fraction of sp³-hybridized carbons (Fsp3) is 0.917. The van der Waals surface area contributed by atoms with Crippen LogP contribution in [-0.4, -0.2) is 56.4 Å². The van der Waals surface area contributed by atoms with Crippen LogP contribution in [0.2, 0.25) is 0 Å². The van der Waals surface area contributed by atoms with Crippen LogP contribution in [0.3, 0.4) is 0 Å². The second-order valence-corrected chi connectivity index (χ2v) is 5.07. The summed E-state index contributed by atoms with van der Waals surface area (Å²) in [6.07, 6.45) is -0.357. The SMILES string of the molecule is CCN(C)CCNCCNC(=O)OC(C)(C)C. The lowest BCUT2D eigenvalue weighted by Crippen LogP contribution is -2.38. The molecule has 2 N–H and O–H groups in total. The first-order valence-corrected chi connectivity index (χ1v) is 6.21. The van der Waals surface area contributed by atoms with Gasteiger partial charge < -0.3 is 20.3 Å². The van der Waals surface area contributed by atoms with Gasteiger partial charge in [0.2, 0.25) is 0 Å². The van der Waals surface area contributed by atoms with Crippen LogP contribution in [0.5, 0.6) is 0 Å². The summed E-state index contributed by atoms with van der Waals surface area (Å²) in [7, 11) is 2.08. The van der Waals surface area contributed by atoms with Gasteiger partial charge in [0.1, 0.15) is 5.60 Å². The van der Waals surface area contributed by atoms with Crippen molar-refractivity contribution in [2.75, 3.05) is 39.8 Å². The molecule has 17 heavy (non-hydrogen) atoms. The van der Waals surface area contributed by atoms with E-state index in [1.807, 2.05) is 20.8 Å². The lowest BCUT2D eigenvalue weighted by Gasteiger charge is -2.19. The van der Waals surface area contributed by atoms with E-state index in [1.165, 1.54) is 0 Å². The maximum Gasteiger partial charge on any atom is 0.407 e. The molecule has 0 unspecified atom stereocenters. The average molecular weight is 245 g/mol. The van der Waals surface area contributed by atoms with Gasteiger partial charge in [-0.3, -0.25) is 0 Å². The summed E-state index contributed by atoms with van der Waals surface area (Å²) in [5, 5.41) is 5.96. The Hall–Kier alpha value is -0.810. The number of nitrogens with zero attached hydrogens (tertiary/aromatic N) is 1. The van der Waals surface area contributed by atoms with Crippen molar-refractivity contribution in [2.45, 2.75) is 33.3 Å². The zero-order valence-corrected chi connectivity index (χ0v) is 11.8. The van der Waals surface area contributed by atoms with Crippen LogP contribution in [0.15, 0.2) is 0 Å². The third-order valence-corrected chi connectivity index (χ3v) is 2.18. The molecular formula is C12H27N3O2. The second-order valence-electron chi connectivity index (χ2n) is 5.07. The van der Waals surface area contributed by atoms with Crippen molar-refractivity contribution in [3.8, 4) is 0 Å². The molecule has 0 aliphatic carbocycles. The van der Waals surface area contributed by atoms with E-state index in [-0.39, 0.29) is 6.09 Å². The number of likely N-dealkylation sites (N-methyl/N-ethyl adjacent to an activating group) is 1. The van der Waals surface area contributed by atoms with E-state index in [2.05, 4.69) is 29.5 Å². The lowest BCUT2D eigenvalue weighted by atomic mass is 10.2. The standard InChI is InChI=1S/C12H27N3O2/c1-6-15(5)10-9-13-7-8-14-11(16)17-12(2,3)4/h13H,6-10H2,1-5H3,(H,14,16). The normalized spacial score (nSPS) is 11.6. The minimum absolute atomic E-state index is 0.357. The zero-order chi connectivity index (χ0) is 13.3. The molecular weight excluding hydrogens is 218 g/mol. The second kappa shape index (κ2) is 8.31. The number of rotatable bonds is 7. The zero-order valence-electron chi connectivity index (χ0n) is 11.8. The summed E-state index contributed by atoms with van der Waals surface area (Å²) in [4.78, 5) is 13.5. The highest BCUT2D eigenvalue weighted by atomic mass is 16.6. The molecule has 1 amide bonds. The Morgan fingerprint density at radius 1 is 1.24 bits per heavy atom. The quantitative estimate of drug-likeness (QED) is 0.658. The van der Waals surface area contributed by atoms with E-state index in [0.717, 1.165) is 26.2 Å². The highest BCUT2D eigenvalue weighted by Gasteiger charge is 2.15. The van der Waals surface area contributed by atoms with Gasteiger partial charge in [0.15, 0.2) is 0 Å². The summed E-state index contributed by atoms with van der Waals surface area (Å²) < 4.78 is 5.11. The number of nitrogens with one attached hydrogen (secondary N) is 2. The van der Waals surface area contributed by atoms with E-state index in [9.17, 15) is 4.79 Å². The maximum atomic E-state index is 11.3. The van der Waals surface area contributed by atoms with Crippen LogP contribution in [-0.2, 0) is 4.74 Å². The smallest absolute Gasteiger partial charge is 0.407 e. The Bertz CT molecular complexity index is 214. The monoisotopic (exact) mass is 245 g/mol. The molecule has 0 aromatic rings. The van der Waals surface area contributed by atoms with Crippen molar-refractivity contribution in [3.05, 3.63) is 0 Å². The van der Waals surface area contributed by atoms with Crippen molar-refractivity contribution in [3.63, 3.8) is 0 Å². The van der Waals surface area contributed by atoms with Crippen LogP contribution in [0, 0.1) is 0 Å². The summed E-state index contributed by atoms with van der Waals surface area (Å²) >= 11 is 0. The Balaban J connectivity index is 3.37. The topological polar surface area (TPSA) is 53.6 Å². The van der Waals surface area contributed by atoms with Crippen molar-refractivity contribution in [1.82, 2.24) is 15.5 Å². The summed E-state index contributed by atoms with van der Waals surface area (Å²) in [6, 6.07) is 0. The molecule has 0 bridgehead atoms. The molecule has 0 saturated carbocycles.